The third kappa shape index (κ3) is 6.55. The molecular formula is C17H36N2O. The highest BCUT2D eigenvalue weighted by Gasteiger charge is 2.29. The van der Waals surface area contributed by atoms with Crippen molar-refractivity contribution in [2.24, 2.45) is 11.3 Å². The third-order valence-electron chi connectivity index (χ3n) is 4.54. The molecule has 0 saturated carbocycles. The molecular weight excluding hydrogens is 248 g/mol. The monoisotopic (exact) mass is 284 g/mol. The van der Waals surface area contributed by atoms with Crippen LogP contribution < -0.4 is 5.32 Å². The van der Waals surface area contributed by atoms with Crippen molar-refractivity contribution in [1.82, 2.24) is 10.2 Å². The van der Waals surface area contributed by atoms with Gasteiger partial charge in [0.25, 0.3) is 0 Å². The van der Waals surface area contributed by atoms with Crippen molar-refractivity contribution in [2.45, 2.75) is 65.8 Å². The van der Waals surface area contributed by atoms with Gasteiger partial charge in [0.1, 0.15) is 0 Å². The van der Waals surface area contributed by atoms with Crippen LogP contribution >= 0.6 is 0 Å². The van der Waals surface area contributed by atoms with E-state index in [2.05, 4.69) is 37.9 Å². The number of hydrogen-bond donors (Lipinski definition) is 2. The van der Waals surface area contributed by atoms with Crippen LogP contribution in [-0.4, -0.2) is 48.8 Å². The fourth-order valence-corrected chi connectivity index (χ4v) is 3.53. The summed E-state index contributed by atoms with van der Waals surface area (Å²) in [5.74, 6) is 0.706. The van der Waals surface area contributed by atoms with Gasteiger partial charge in [-0.3, -0.25) is 0 Å². The first-order chi connectivity index (χ1) is 9.49. The Morgan fingerprint density at radius 1 is 1.40 bits per heavy atom. The summed E-state index contributed by atoms with van der Waals surface area (Å²) in [5, 5.41) is 12.8. The van der Waals surface area contributed by atoms with Crippen LogP contribution in [0, 0.1) is 11.3 Å². The maximum atomic E-state index is 9.14. The molecule has 2 unspecified atom stereocenters. The molecule has 1 fully saturated rings. The van der Waals surface area contributed by atoms with Crippen molar-refractivity contribution in [1.29, 1.82) is 0 Å². The Bertz CT molecular complexity index is 255. The standard InChI is InChI=1S/C17H36N2O/c1-5-9-17(4,13-18-15(2)3)14-19-10-6-7-16(12-19)8-11-20/h15-16,18,20H,5-14H2,1-4H3. The van der Waals surface area contributed by atoms with Crippen LogP contribution in [0.5, 0.6) is 0 Å². The number of aliphatic hydroxyl groups is 1. The Labute approximate surface area is 126 Å². The highest BCUT2D eigenvalue weighted by Crippen LogP contribution is 2.27. The van der Waals surface area contributed by atoms with Crippen LogP contribution in [-0.2, 0) is 0 Å². The lowest BCUT2D eigenvalue weighted by atomic mass is 9.83. The Hall–Kier alpha value is -0.120. The quantitative estimate of drug-likeness (QED) is 0.683. The lowest BCUT2D eigenvalue weighted by molar-refractivity contribution is 0.0929. The fraction of sp³-hybridized carbons (Fsp3) is 1.00. The summed E-state index contributed by atoms with van der Waals surface area (Å²) in [5.41, 5.74) is 0.375. The molecule has 1 saturated heterocycles. The zero-order chi connectivity index (χ0) is 15.0. The molecule has 2 atom stereocenters. The topological polar surface area (TPSA) is 35.5 Å². The number of piperidine rings is 1. The largest absolute Gasteiger partial charge is 0.396 e. The molecule has 0 amide bonds. The Morgan fingerprint density at radius 2 is 2.15 bits per heavy atom. The second kappa shape index (κ2) is 9.01. The average molecular weight is 284 g/mol. The maximum absolute atomic E-state index is 9.14. The molecule has 1 aliphatic heterocycles. The predicted octanol–water partition coefficient (Wildman–Crippen LogP) is 2.89. The van der Waals surface area contributed by atoms with E-state index in [4.69, 9.17) is 5.11 Å². The van der Waals surface area contributed by atoms with E-state index < -0.39 is 0 Å². The molecule has 120 valence electrons. The van der Waals surface area contributed by atoms with Crippen molar-refractivity contribution in [3.8, 4) is 0 Å². The Kier molecular flexibility index (Phi) is 8.08. The SMILES string of the molecule is CCCC(C)(CNC(C)C)CN1CCCC(CCO)C1. The van der Waals surface area contributed by atoms with Crippen LogP contribution in [0.3, 0.4) is 0 Å². The van der Waals surface area contributed by atoms with Crippen molar-refractivity contribution in [3.05, 3.63) is 0 Å². The van der Waals surface area contributed by atoms with Gasteiger partial charge in [0, 0.05) is 32.3 Å². The molecule has 1 aliphatic rings. The molecule has 0 aromatic carbocycles. The molecule has 3 heteroatoms. The predicted molar refractivity (Wildman–Crippen MR) is 87.0 cm³/mol. The molecule has 0 spiro atoms. The van der Waals surface area contributed by atoms with E-state index in [0.29, 0.717) is 24.0 Å². The minimum absolute atomic E-state index is 0.347. The normalized spacial score (nSPS) is 24.0. The van der Waals surface area contributed by atoms with Crippen molar-refractivity contribution in [3.63, 3.8) is 0 Å². The van der Waals surface area contributed by atoms with Crippen LogP contribution in [0.25, 0.3) is 0 Å². The summed E-state index contributed by atoms with van der Waals surface area (Å²) >= 11 is 0. The first-order valence-electron chi connectivity index (χ1n) is 8.55. The molecule has 3 nitrogen and oxygen atoms in total. The van der Waals surface area contributed by atoms with Gasteiger partial charge in [0.05, 0.1) is 0 Å². The highest BCUT2D eigenvalue weighted by atomic mass is 16.3. The van der Waals surface area contributed by atoms with E-state index in [1.807, 2.05) is 0 Å². The fourth-order valence-electron chi connectivity index (χ4n) is 3.53. The van der Waals surface area contributed by atoms with Gasteiger partial charge in [0.15, 0.2) is 0 Å². The molecule has 1 heterocycles. The summed E-state index contributed by atoms with van der Waals surface area (Å²) in [6.45, 7) is 14.3. The van der Waals surface area contributed by atoms with Crippen LogP contribution in [0.2, 0.25) is 0 Å². The lowest BCUT2D eigenvalue weighted by Crippen LogP contribution is -2.47. The zero-order valence-electron chi connectivity index (χ0n) is 14.1. The summed E-state index contributed by atoms with van der Waals surface area (Å²) in [6, 6.07) is 0.565. The first-order valence-corrected chi connectivity index (χ1v) is 8.55. The van der Waals surface area contributed by atoms with Crippen molar-refractivity contribution < 1.29 is 5.11 Å². The van der Waals surface area contributed by atoms with Gasteiger partial charge >= 0.3 is 0 Å². The number of nitrogens with zero attached hydrogens (tertiary/aromatic N) is 1. The molecule has 0 aromatic rings. The smallest absolute Gasteiger partial charge is 0.0434 e. The second-order valence-electron chi connectivity index (χ2n) is 7.35. The van der Waals surface area contributed by atoms with Crippen LogP contribution in [0.1, 0.15) is 59.8 Å². The minimum atomic E-state index is 0.347. The van der Waals surface area contributed by atoms with Gasteiger partial charge < -0.3 is 15.3 Å². The molecule has 0 radical (unpaired) electrons. The minimum Gasteiger partial charge on any atom is -0.396 e. The van der Waals surface area contributed by atoms with E-state index in [1.54, 1.807) is 0 Å². The summed E-state index contributed by atoms with van der Waals surface area (Å²) in [7, 11) is 0. The molecule has 0 aliphatic carbocycles. The number of hydrogen-bond acceptors (Lipinski definition) is 3. The maximum Gasteiger partial charge on any atom is 0.0434 e. The molecule has 2 N–H and O–H groups in total. The molecule has 1 rings (SSSR count). The lowest BCUT2D eigenvalue weighted by Gasteiger charge is -2.40. The van der Waals surface area contributed by atoms with Crippen LogP contribution in [0.4, 0.5) is 0 Å². The van der Waals surface area contributed by atoms with Gasteiger partial charge in [-0.1, -0.05) is 34.1 Å². The second-order valence-corrected chi connectivity index (χ2v) is 7.35. The average Bonchev–Trinajstić information content (AvgIpc) is 2.38. The van der Waals surface area contributed by atoms with E-state index in [0.717, 1.165) is 13.0 Å². The van der Waals surface area contributed by atoms with E-state index >= 15 is 0 Å². The van der Waals surface area contributed by atoms with E-state index in [-0.39, 0.29) is 0 Å². The van der Waals surface area contributed by atoms with Crippen molar-refractivity contribution in [2.75, 3.05) is 32.8 Å². The van der Waals surface area contributed by atoms with E-state index in [9.17, 15) is 0 Å². The summed E-state index contributed by atoms with van der Waals surface area (Å²) in [4.78, 5) is 2.64. The summed E-state index contributed by atoms with van der Waals surface area (Å²) in [6.07, 6.45) is 6.11. The number of aliphatic hydroxyl groups excluding tert-OH is 1. The Morgan fingerprint density at radius 3 is 2.75 bits per heavy atom. The Balaban J connectivity index is 2.50. The van der Waals surface area contributed by atoms with Gasteiger partial charge in [-0.25, -0.2) is 0 Å². The molecule has 20 heavy (non-hydrogen) atoms. The van der Waals surface area contributed by atoms with Gasteiger partial charge in [0.2, 0.25) is 0 Å². The van der Waals surface area contributed by atoms with E-state index in [1.165, 1.54) is 45.3 Å². The first kappa shape index (κ1) is 17.9. The van der Waals surface area contributed by atoms with Crippen molar-refractivity contribution >= 4 is 0 Å². The number of rotatable bonds is 9. The van der Waals surface area contributed by atoms with Gasteiger partial charge in [-0.05, 0) is 43.6 Å². The molecule has 0 bridgehead atoms. The van der Waals surface area contributed by atoms with Gasteiger partial charge in [-0.2, -0.15) is 0 Å². The highest BCUT2D eigenvalue weighted by molar-refractivity contribution is 4.84. The number of nitrogens with one attached hydrogen (secondary N) is 1. The van der Waals surface area contributed by atoms with Gasteiger partial charge in [-0.15, -0.1) is 0 Å². The summed E-state index contributed by atoms with van der Waals surface area (Å²) < 4.78 is 0. The zero-order valence-corrected chi connectivity index (χ0v) is 14.1. The number of likely N-dealkylation sites (tertiary alicyclic amines) is 1. The van der Waals surface area contributed by atoms with Crippen LogP contribution in [0.15, 0.2) is 0 Å². The molecule has 0 aromatic heterocycles. The third-order valence-corrected chi connectivity index (χ3v) is 4.54.